The van der Waals surface area contributed by atoms with Gasteiger partial charge in [0.05, 0.1) is 130 Å². The number of hydrogen-bond acceptors (Lipinski definition) is 15. The van der Waals surface area contributed by atoms with E-state index in [1.165, 1.54) is 0 Å². The first-order valence-corrected chi connectivity index (χ1v) is 17.8. The standard InChI is InChI=1S/C35H56N4O13/c1-38(2)9-11-45-13-15-47-17-19-49-21-23-51-25-27-52-26-24-50-22-20-48-18-16-46-14-12-44-10-8-36-29-5-3-4-28-32(29)35(43)39(34(28)42)30-6-7-31(40)37-33(30)41/h3-5,30,36H,6-27H2,1-2H3,(H,37,40,41). The highest BCUT2D eigenvalue weighted by Crippen LogP contribution is 2.32. The number of imide groups is 2. The van der Waals surface area contributed by atoms with Crippen molar-refractivity contribution in [3.63, 3.8) is 0 Å². The number of carbonyl (C=O) groups excluding carboxylic acids is 4. The van der Waals surface area contributed by atoms with Gasteiger partial charge in [-0.15, -0.1) is 0 Å². The van der Waals surface area contributed by atoms with Crippen molar-refractivity contribution in [3.8, 4) is 0 Å². The molecule has 1 saturated heterocycles. The van der Waals surface area contributed by atoms with Gasteiger partial charge in [-0.25, -0.2) is 0 Å². The molecule has 1 aromatic rings. The maximum absolute atomic E-state index is 13.1. The fraction of sp³-hybridized carbons (Fsp3) is 0.714. The van der Waals surface area contributed by atoms with Crippen LogP contribution in [-0.4, -0.2) is 186 Å². The first-order chi connectivity index (χ1) is 25.4. The number of carbonyl (C=O) groups is 4. The Bertz CT molecular complexity index is 1210. The summed E-state index contributed by atoms with van der Waals surface area (Å²) in [4.78, 5) is 52.9. The summed E-state index contributed by atoms with van der Waals surface area (Å²) >= 11 is 0. The monoisotopic (exact) mass is 740 g/mol. The van der Waals surface area contributed by atoms with E-state index in [1.807, 2.05) is 14.1 Å². The van der Waals surface area contributed by atoms with Gasteiger partial charge in [-0.05, 0) is 32.6 Å². The number of likely N-dealkylation sites (N-methyl/N-ethyl adjacent to an activating group) is 1. The number of piperidine rings is 1. The summed E-state index contributed by atoms with van der Waals surface area (Å²) < 4.78 is 49.4. The minimum absolute atomic E-state index is 0.0676. The number of nitrogens with zero attached hydrogens (tertiary/aromatic N) is 2. The van der Waals surface area contributed by atoms with Crippen LogP contribution in [0.4, 0.5) is 5.69 Å². The minimum Gasteiger partial charge on any atom is -0.382 e. The molecular weight excluding hydrogens is 684 g/mol. The molecule has 294 valence electrons. The summed E-state index contributed by atoms with van der Waals surface area (Å²) in [5, 5.41) is 5.33. The average molecular weight is 741 g/mol. The highest BCUT2D eigenvalue weighted by molar-refractivity contribution is 6.25. The van der Waals surface area contributed by atoms with Crippen LogP contribution in [-0.2, 0) is 52.2 Å². The van der Waals surface area contributed by atoms with Gasteiger partial charge in [0, 0.05) is 25.2 Å². The van der Waals surface area contributed by atoms with Crippen LogP contribution < -0.4 is 10.6 Å². The molecule has 0 saturated carbocycles. The third-order valence-corrected chi connectivity index (χ3v) is 7.69. The number of benzene rings is 1. The quantitative estimate of drug-likeness (QED) is 0.0755. The number of amides is 4. The van der Waals surface area contributed by atoms with Crippen LogP contribution in [0.25, 0.3) is 0 Å². The summed E-state index contributed by atoms with van der Waals surface area (Å²) in [6.45, 7) is 10.0. The van der Waals surface area contributed by atoms with E-state index in [9.17, 15) is 19.2 Å². The van der Waals surface area contributed by atoms with Gasteiger partial charge in [-0.1, -0.05) is 6.07 Å². The molecule has 1 fully saturated rings. The predicted molar refractivity (Wildman–Crippen MR) is 188 cm³/mol. The molecule has 4 amide bonds. The predicted octanol–water partition coefficient (Wildman–Crippen LogP) is 0.211. The largest absolute Gasteiger partial charge is 0.382 e. The molecule has 0 radical (unpaired) electrons. The Balaban J connectivity index is 1.04. The summed E-state index contributed by atoms with van der Waals surface area (Å²) in [6.07, 6.45) is 0.173. The maximum atomic E-state index is 13.1. The van der Waals surface area contributed by atoms with Gasteiger partial charge in [-0.3, -0.25) is 29.4 Å². The smallest absolute Gasteiger partial charge is 0.264 e. The van der Waals surface area contributed by atoms with Crippen LogP contribution in [0.1, 0.15) is 33.6 Å². The molecule has 52 heavy (non-hydrogen) atoms. The first kappa shape index (κ1) is 43.3. The second-order valence-corrected chi connectivity index (χ2v) is 11.9. The van der Waals surface area contributed by atoms with Gasteiger partial charge in [0.2, 0.25) is 11.8 Å². The van der Waals surface area contributed by atoms with Crippen molar-refractivity contribution < 1.29 is 61.8 Å². The Labute approximate surface area is 305 Å². The van der Waals surface area contributed by atoms with Gasteiger partial charge in [-0.2, -0.15) is 0 Å². The van der Waals surface area contributed by atoms with Crippen LogP contribution >= 0.6 is 0 Å². The number of rotatable bonds is 32. The summed E-state index contributed by atoms with van der Waals surface area (Å²) in [7, 11) is 4.02. The number of fused-ring (bicyclic) bond motifs is 1. The molecule has 1 aromatic carbocycles. The lowest BCUT2D eigenvalue weighted by atomic mass is 10.0. The summed E-state index contributed by atoms with van der Waals surface area (Å²) in [6, 6.07) is 3.91. The molecule has 17 heteroatoms. The van der Waals surface area contributed by atoms with E-state index in [1.54, 1.807) is 18.2 Å². The van der Waals surface area contributed by atoms with Crippen molar-refractivity contribution in [2.45, 2.75) is 18.9 Å². The second-order valence-electron chi connectivity index (χ2n) is 11.9. The zero-order chi connectivity index (χ0) is 37.2. The third-order valence-electron chi connectivity index (χ3n) is 7.69. The number of hydrogen-bond donors (Lipinski definition) is 2. The van der Waals surface area contributed by atoms with Crippen LogP contribution in [0.2, 0.25) is 0 Å². The Morgan fingerprint density at radius 2 is 1.08 bits per heavy atom. The van der Waals surface area contributed by atoms with Crippen LogP contribution in [0.5, 0.6) is 0 Å². The van der Waals surface area contributed by atoms with Gasteiger partial charge in [0.1, 0.15) is 6.04 Å². The lowest BCUT2D eigenvalue weighted by molar-refractivity contribution is -0.136. The molecule has 1 unspecified atom stereocenters. The van der Waals surface area contributed by atoms with Crippen LogP contribution in [0.3, 0.4) is 0 Å². The molecule has 17 nitrogen and oxygen atoms in total. The van der Waals surface area contributed by atoms with Crippen molar-refractivity contribution in [1.29, 1.82) is 0 Å². The topological polar surface area (TPSA) is 182 Å². The lowest BCUT2D eigenvalue weighted by Gasteiger charge is -2.27. The summed E-state index contributed by atoms with van der Waals surface area (Å²) in [5.74, 6) is -2.16. The second kappa shape index (κ2) is 26.6. The maximum Gasteiger partial charge on any atom is 0.264 e. The third kappa shape index (κ3) is 16.7. The van der Waals surface area contributed by atoms with E-state index in [0.717, 1.165) is 11.4 Å². The van der Waals surface area contributed by atoms with E-state index in [4.69, 9.17) is 42.6 Å². The number of anilines is 1. The number of nitrogens with one attached hydrogen (secondary N) is 2. The molecule has 2 aliphatic heterocycles. The summed E-state index contributed by atoms with van der Waals surface area (Å²) in [5.41, 5.74) is 0.914. The molecular formula is C35H56N4O13. The van der Waals surface area contributed by atoms with Crippen LogP contribution in [0, 0.1) is 0 Å². The SMILES string of the molecule is CN(C)CCOCCOCCOCCOCCOCCOCCOCCOCCOCCNc1cccc2c1C(=O)N(C1CCC(=O)NC1=O)C2=O. The Morgan fingerprint density at radius 1 is 0.635 bits per heavy atom. The van der Waals surface area contributed by atoms with Crippen LogP contribution in [0.15, 0.2) is 18.2 Å². The minimum atomic E-state index is -1.01. The average Bonchev–Trinajstić information content (AvgIpc) is 3.38. The molecule has 0 spiro atoms. The molecule has 2 heterocycles. The lowest BCUT2D eigenvalue weighted by Crippen LogP contribution is -2.54. The fourth-order valence-corrected chi connectivity index (χ4v) is 5.03. The molecule has 2 aliphatic rings. The van der Waals surface area contributed by atoms with E-state index < -0.39 is 29.7 Å². The van der Waals surface area contributed by atoms with Gasteiger partial charge >= 0.3 is 0 Å². The highest BCUT2D eigenvalue weighted by atomic mass is 16.6. The Hall–Kier alpha value is -3.10. The highest BCUT2D eigenvalue weighted by Gasteiger charge is 2.45. The van der Waals surface area contributed by atoms with E-state index >= 15 is 0 Å². The molecule has 0 aromatic heterocycles. The molecule has 1 atom stereocenters. The van der Waals surface area contributed by atoms with Gasteiger partial charge < -0.3 is 52.8 Å². The molecule has 0 bridgehead atoms. The van der Waals surface area contributed by atoms with Crippen molar-refractivity contribution in [3.05, 3.63) is 29.3 Å². The normalized spacial score (nSPS) is 15.9. The molecule has 2 N–H and O–H groups in total. The Morgan fingerprint density at radius 3 is 1.52 bits per heavy atom. The van der Waals surface area contributed by atoms with E-state index in [0.29, 0.717) is 131 Å². The van der Waals surface area contributed by atoms with E-state index in [2.05, 4.69) is 15.5 Å². The van der Waals surface area contributed by atoms with Crippen molar-refractivity contribution in [1.82, 2.24) is 15.1 Å². The van der Waals surface area contributed by atoms with Crippen molar-refractivity contribution >= 4 is 29.3 Å². The van der Waals surface area contributed by atoms with Crippen molar-refractivity contribution in [2.24, 2.45) is 0 Å². The van der Waals surface area contributed by atoms with Crippen molar-refractivity contribution in [2.75, 3.05) is 151 Å². The van der Waals surface area contributed by atoms with Gasteiger partial charge in [0.15, 0.2) is 0 Å². The molecule has 0 aliphatic carbocycles. The Kier molecular flexibility index (Phi) is 22.2. The van der Waals surface area contributed by atoms with Gasteiger partial charge in [0.25, 0.3) is 11.8 Å². The first-order valence-electron chi connectivity index (χ1n) is 17.8. The number of ether oxygens (including phenoxy) is 9. The zero-order valence-corrected chi connectivity index (χ0v) is 30.6. The molecule has 3 rings (SSSR count). The fourth-order valence-electron chi connectivity index (χ4n) is 5.03. The zero-order valence-electron chi connectivity index (χ0n) is 30.6. The van der Waals surface area contributed by atoms with E-state index in [-0.39, 0.29) is 24.0 Å².